The van der Waals surface area contributed by atoms with Gasteiger partial charge in [0, 0.05) is 24.1 Å². The fourth-order valence-corrected chi connectivity index (χ4v) is 5.60. The van der Waals surface area contributed by atoms with Gasteiger partial charge in [0.2, 0.25) is 5.91 Å². The van der Waals surface area contributed by atoms with Gasteiger partial charge in [0.1, 0.15) is 5.75 Å². The third-order valence-electron chi connectivity index (χ3n) is 7.17. The molecule has 0 radical (unpaired) electrons. The quantitative estimate of drug-likeness (QED) is 0.596. The van der Waals surface area contributed by atoms with E-state index in [0.717, 1.165) is 37.0 Å². The van der Waals surface area contributed by atoms with E-state index < -0.39 is 11.6 Å². The Morgan fingerprint density at radius 3 is 2.68 bits per heavy atom. The summed E-state index contributed by atoms with van der Waals surface area (Å²) >= 11 is 0. The van der Waals surface area contributed by atoms with Gasteiger partial charge in [0.15, 0.2) is 0 Å². The normalized spacial score (nSPS) is 24.7. The number of carbonyl (C=O) groups is 2. The first-order chi connectivity index (χ1) is 16.5. The van der Waals surface area contributed by atoms with Crippen LogP contribution in [-0.2, 0) is 9.53 Å². The smallest absolute Gasteiger partial charge is 0.340 e. The lowest BCUT2D eigenvalue weighted by molar-refractivity contribution is -0.135. The minimum Gasteiger partial charge on any atom is -0.496 e. The lowest BCUT2D eigenvalue weighted by Crippen LogP contribution is -2.56. The maximum atomic E-state index is 13.2. The summed E-state index contributed by atoms with van der Waals surface area (Å²) in [5, 5.41) is 14.4. The number of fused-ring (bicyclic) bond motifs is 1. The van der Waals surface area contributed by atoms with E-state index in [9.17, 15) is 14.7 Å². The fraction of sp³-hybridized carbons (Fsp3) is 0.481. The summed E-state index contributed by atoms with van der Waals surface area (Å²) < 4.78 is 10.8. The van der Waals surface area contributed by atoms with Crippen LogP contribution in [0.1, 0.15) is 61.0 Å². The van der Waals surface area contributed by atoms with Gasteiger partial charge in [-0.25, -0.2) is 4.79 Å². The van der Waals surface area contributed by atoms with Crippen molar-refractivity contribution >= 4 is 17.6 Å². The van der Waals surface area contributed by atoms with Gasteiger partial charge in [0.25, 0.3) is 0 Å². The van der Waals surface area contributed by atoms with Gasteiger partial charge in [-0.05, 0) is 44.4 Å². The van der Waals surface area contributed by atoms with E-state index in [0.29, 0.717) is 24.2 Å². The zero-order valence-electron chi connectivity index (χ0n) is 20.0. The van der Waals surface area contributed by atoms with Gasteiger partial charge in [-0.3, -0.25) is 9.69 Å². The summed E-state index contributed by atoms with van der Waals surface area (Å²) in [6.07, 6.45) is 4.41. The number of amides is 1. The molecule has 0 aromatic heterocycles. The van der Waals surface area contributed by atoms with Gasteiger partial charge in [-0.15, -0.1) is 0 Å². The number of nitrogens with zero attached hydrogens (tertiary/aromatic N) is 1. The monoisotopic (exact) mass is 466 g/mol. The molecule has 1 aliphatic carbocycles. The number of aliphatic hydroxyl groups is 1. The first kappa shape index (κ1) is 24.2. The number of benzene rings is 2. The standard InChI is InChI=1S/C27H34N2O5/c1-3-34-26(31)19-10-4-6-13-22(19)28-24(30)18-29-17-16-27(32)15-9-8-12-21(27)25(29)20-11-5-7-14-23(20)33-2/h4-7,10-11,13-14,21,25,32H,3,8-9,12,15-18H2,1-2H3,(H,28,30)/t21-,25+,27+/m0/s1. The predicted octanol–water partition coefficient (Wildman–Crippen LogP) is 4.18. The molecule has 1 amide bonds. The van der Waals surface area contributed by atoms with Crippen molar-refractivity contribution < 1.29 is 24.2 Å². The van der Waals surface area contributed by atoms with Crippen molar-refractivity contribution in [2.24, 2.45) is 5.92 Å². The predicted molar refractivity (Wildman–Crippen MR) is 130 cm³/mol. The molecule has 1 saturated carbocycles. The van der Waals surface area contributed by atoms with Crippen LogP contribution >= 0.6 is 0 Å². The summed E-state index contributed by atoms with van der Waals surface area (Å²) in [6, 6.07) is 14.6. The van der Waals surface area contributed by atoms with E-state index in [4.69, 9.17) is 9.47 Å². The molecule has 4 rings (SSSR count). The number of likely N-dealkylation sites (tertiary alicyclic amines) is 1. The zero-order valence-corrected chi connectivity index (χ0v) is 20.0. The van der Waals surface area contributed by atoms with Gasteiger partial charge >= 0.3 is 5.97 Å². The van der Waals surface area contributed by atoms with Crippen LogP contribution in [0.3, 0.4) is 0 Å². The van der Waals surface area contributed by atoms with Gasteiger partial charge in [0.05, 0.1) is 37.1 Å². The van der Waals surface area contributed by atoms with E-state index in [1.165, 1.54) is 0 Å². The molecule has 2 aromatic rings. The Morgan fingerprint density at radius 1 is 1.12 bits per heavy atom. The molecule has 7 nitrogen and oxygen atoms in total. The van der Waals surface area contributed by atoms with Crippen molar-refractivity contribution in [3.8, 4) is 5.75 Å². The van der Waals surface area contributed by atoms with E-state index in [1.807, 2.05) is 24.3 Å². The maximum Gasteiger partial charge on any atom is 0.340 e. The minimum atomic E-state index is -0.729. The van der Waals surface area contributed by atoms with Gasteiger partial charge in [-0.1, -0.05) is 43.2 Å². The van der Waals surface area contributed by atoms with Crippen molar-refractivity contribution in [2.45, 2.75) is 50.7 Å². The third kappa shape index (κ3) is 4.95. The second kappa shape index (κ2) is 10.6. The summed E-state index contributed by atoms with van der Waals surface area (Å²) in [4.78, 5) is 27.6. The Balaban J connectivity index is 1.59. The molecule has 182 valence electrons. The fourth-order valence-electron chi connectivity index (χ4n) is 5.60. The molecule has 1 heterocycles. The summed E-state index contributed by atoms with van der Waals surface area (Å²) in [5.74, 6) is 0.111. The number of rotatable bonds is 7. The first-order valence-corrected chi connectivity index (χ1v) is 12.1. The van der Waals surface area contributed by atoms with Crippen LogP contribution in [0.5, 0.6) is 5.75 Å². The number of nitrogens with one attached hydrogen (secondary N) is 1. The highest BCUT2D eigenvalue weighted by atomic mass is 16.5. The van der Waals surface area contributed by atoms with Crippen molar-refractivity contribution in [1.29, 1.82) is 0 Å². The van der Waals surface area contributed by atoms with Crippen LogP contribution in [0, 0.1) is 5.92 Å². The molecule has 1 aliphatic heterocycles. The molecule has 0 bridgehead atoms. The summed E-state index contributed by atoms with van der Waals surface area (Å²) in [7, 11) is 1.65. The number of carbonyl (C=O) groups excluding carboxylic acids is 2. The second-order valence-electron chi connectivity index (χ2n) is 9.18. The first-order valence-electron chi connectivity index (χ1n) is 12.1. The van der Waals surface area contributed by atoms with Gasteiger partial charge in [-0.2, -0.15) is 0 Å². The SMILES string of the molecule is CCOC(=O)c1ccccc1NC(=O)CN1CC[C@]2(O)CCCC[C@H]2[C@H]1c1ccccc1OC. The highest BCUT2D eigenvalue weighted by Crippen LogP contribution is 2.50. The lowest BCUT2D eigenvalue weighted by Gasteiger charge is -2.52. The molecule has 7 heteroatoms. The number of hydrogen-bond acceptors (Lipinski definition) is 6. The van der Waals surface area contributed by atoms with Crippen LogP contribution in [-0.4, -0.2) is 54.3 Å². The average molecular weight is 467 g/mol. The van der Waals surface area contributed by atoms with Crippen LogP contribution in [0.2, 0.25) is 0 Å². The number of para-hydroxylation sites is 2. The van der Waals surface area contributed by atoms with E-state index in [1.54, 1.807) is 38.3 Å². The van der Waals surface area contributed by atoms with Crippen molar-refractivity contribution in [1.82, 2.24) is 4.90 Å². The molecule has 2 fully saturated rings. The molecular formula is C27H34N2O5. The van der Waals surface area contributed by atoms with Crippen LogP contribution < -0.4 is 10.1 Å². The number of anilines is 1. The molecule has 2 aliphatic rings. The lowest BCUT2D eigenvalue weighted by atomic mass is 9.66. The second-order valence-corrected chi connectivity index (χ2v) is 9.18. The highest BCUT2D eigenvalue weighted by Gasteiger charge is 2.49. The van der Waals surface area contributed by atoms with E-state index >= 15 is 0 Å². The molecular weight excluding hydrogens is 432 g/mol. The van der Waals surface area contributed by atoms with Crippen molar-refractivity contribution in [2.75, 3.05) is 32.1 Å². The Hall–Kier alpha value is -2.90. The highest BCUT2D eigenvalue weighted by molar-refractivity contribution is 6.01. The van der Waals surface area contributed by atoms with E-state index in [-0.39, 0.29) is 31.0 Å². The molecule has 2 aromatic carbocycles. The van der Waals surface area contributed by atoms with Crippen molar-refractivity contribution in [3.63, 3.8) is 0 Å². The number of methoxy groups -OCH3 is 1. The summed E-state index contributed by atoms with van der Waals surface area (Å²) in [6.45, 7) is 2.76. The van der Waals surface area contributed by atoms with Crippen LogP contribution in [0.25, 0.3) is 0 Å². The Labute approximate surface area is 201 Å². The summed E-state index contributed by atoms with van der Waals surface area (Å²) in [5.41, 5.74) is 1.03. The largest absolute Gasteiger partial charge is 0.496 e. The number of esters is 1. The molecule has 0 unspecified atom stereocenters. The number of piperidine rings is 1. The third-order valence-corrected chi connectivity index (χ3v) is 7.17. The maximum absolute atomic E-state index is 13.2. The molecule has 3 atom stereocenters. The van der Waals surface area contributed by atoms with E-state index in [2.05, 4.69) is 10.2 Å². The Bertz CT molecular complexity index is 1030. The topological polar surface area (TPSA) is 88.1 Å². The average Bonchev–Trinajstić information content (AvgIpc) is 2.84. The molecule has 0 spiro atoms. The van der Waals surface area contributed by atoms with Crippen molar-refractivity contribution in [3.05, 3.63) is 59.7 Å². The van der Waals surface area contributed by atoms with Crippen LogP contribution in [0.15, 0.2) is 48.5 Å². The number of ether oxygens (including phenoxy) is 2. The number of hydrogen-bond donors (Lipinski definition) is 2. The zero-order chi connectivity index (χ0) is 24.1. The van der Waals surface area contributed by atoms with Crippen LogP contribution in [0.4, 0.5) is 5.69 Å². The molecule has 2 N–H and O–H groups in total. The Morgan fingerprint density at radius 2 is 1.88 bits per heavy atom. The Kier molecular flexibility index (Phi) is 7.54. The molecule has 34 heavy (non-hydrogen) atoms. The van der Waals surface area contributed by atoms with Gasteiger partial charge < -0.3 is 19.9 Å². The molecule has 1 saturated heterocycles. The minimum absolute atomic E-state index is 0.0194.